The van der Waals surface area contributed by atoms with Crippen molar-refractivity contribution in [3.63, 3.8) is 0 Å². The third-order valence-corrected chi connectivity index (χ3v) is 5.16. The number of hydrogen-bond donors (Lipinski definition) is 0. The van der Waals surface area contributed by atoms with E-state index in [4.69, 9.17) is 0 Å². The summed E-state index contributed by atoms with van der Waals surface area (Å²) in [5.41, 5.74) is -0.0565. The van der Waals surface area contributed by atoms with Crippen LogP contribution in [0, 0.1) is 0 Å². The number of piperazine rings is 1. The number of hydrogen-bond acceptors (Lipinski definition) is 3. The summed E-state index contributed by atoms with van der Waals surface area (Å²) in [7, 11) is -0.976. The molecule has 0 spiro atoms. The molecular formula is C10H22N2O2S. The molecule has 0 radical (unpaired) electrons. The maximum Gasteiger partial charge on any atom is 0.214 e. The van der Waals surface area contributed by atoms with Crippen LogP contribution >= 0.6 is 0 Å². The molecule has 5 heteroatoms. The van der Waals surface area contributed by atoms with Crippen LogP contribution in [0.2, 0.25) is 0 Å². The van der Waals surface area contributed by atoms with Crippen molar-refractivity contribution in [2.75, 3.05) is 32.4 Å². The van der Waals surface area contributed by atoms with Crippen molar-refractivity contribution < 1.29 is 8.42 Å². The molecule has 1 aliphatic heterocycles. The summed E-state index contributed by atoms with van der Waals surface area (Å²) < 4.78 is 25.4. The van der Waals surface area contributed by atoms with Crippen molar-refractivity contribution in [1.82, 2.24) is 9.21 Å². The molecule has 0 aliphatic carbocycles. The van der Waals surface area contributed by atoms with Crippen LogP contribution in [0.4, 0.5) is 0 Å². The Bertz CT molecular complexity index is 311. The Kier molecular flexibility index (Phi) is 3.79. The van der Waals surface area contributed by atoms with Crippen molar-refractivity contribution in [2.24, 2.45) is 0 Å². The molecule has 0 bridgehead atoms. The van der Waals surface area contributed by atoms with Gasteiger partial charge in [-0.25, -0.2) is 8.42 Å². The predicted octanol–water partition coefficient (Wildman–Crippen LogP) is 0.752. The van der Waals surface area contributed by atoms with Crippen LogP contribution in [0.3, 0.4) is 0 Å². The van der Waals surface area contributed by atoms with Crippen molar-refractivity contribution in [1.29, 1.82) is 0 Å². The fraction of sp³-hybridized carbons (Fsp3) is 1.00. The number of sulfonamides is 1. The highest BCUT2D eigenvalue weighted by atomic mass is 32.2. The van der Waals surface area contributed by atoms with E-state index in [0.717, 1.165) is 6.54 Å². The minimum atomic E-state index is -3.02. The highest BCUT2D eigenvalue weighted by Crippen LogP contribution is 2.21. The van der Waals surface area contributed by atoms with Gasteiger partial charge in [-0.05, 0) is 27.3 Å². The van der Waals surface area contributed by atoms with E-state index < -0.39 is 10.0 Å². The summed E-state index contributed by atoms with van der Waals surface area (Å²) in [5, 5.41) is 0. The lowest BCUT2D eigenvalue weighted by atomic mass is 10.0. The largest absolute Gasteiger partial charge is 0.299 e. The van der Waals surface area contributed by atoms with Crippen LogP contribution in [0.1, 0.15) is 27.2 Å². The van der Waals surface area contributed by atoms with Crippen LogP contribution in [-0.2, 0) is 10.0 Å². The Hall–Kier alpha value is -0.130. The molecular weight excluding hydrogens is 212 g/mol. The number of likely N-dealkylation sites (N-methyl/N-ethyl adjacent to an activating group) is 1. The number of nitrogens with zero attached hydrogens (tertiary/aromatic N) is 2. The van der Waals surface area contributed by atoms with Gasteiger partial charge in [-0.1, -0.05) is 6.92 Å². The van der Waals surface area contributed by atoms with Gasteiger partial charge >= 0.3 is 0 Å². The van der Waals surface area contributed by atoms with Crippen LogP contribution in [-0.4, -0.2) is 55.6 Å². The Morgan fingerprint density at radius 1 is 1.27 bits per heavy atom. The van der Waals surface area contributed by atoms with E-state index in [1.165, 1.54) is 0 Å². The summed E-state index contributed by atoms with van der Waals surface area (Å²) in [5.74, 6) is 0.271. The lowest BCUT2D eigenvalue weighted by molar-refractivity contribution is 0.0802. The normalized spacial score (nSPS) is 24.3. The second kappa shape index (κ2) is 4.39. The smallest absolute Gasteiger partial charge is 0.214 e. The van der Waals surface area contributed by atoms with E-state index >= 15 is 0 Å². The molecule has 1 saturated heterocycles. The van der Waals surface area contributed by atoms with Gasteiger partial charge in [-0.2, -0.15) is 4.31 Å². The van der Waals surface area contributed by atoms with Gasteiger partial charge in [0.25, 0.3) is 0 Å². The molecule has 1 rings (SSSR count). The number of rotatable bonds is 3. The van der Waals surface area contributed by atoms with Gasteiger partial charge in [0, 0.05) is 25.2 Å². The lowest BCUT2D eigenvalue weighted by Crippen LogP contribution is -2.59. The van der Waals surface area contributed by atoms with Crippen molar-refractivity contribution in [3.05, 3.63) is 0 Å². The van der Waals surface area contributed by atoms with E-state index in [1.54, 1.807) is 4.31 Å². The molecule has 0 amide bonds. The molecule has 1 aliphatic rings. The zero-order chi connectivity index (χ0) is 11.7. The molecule has 0 unspecified atom stereocenters. The quantitative estimate of drug-likeness (QED) is 0.723. The minimum absolute atomic E-state index is 0.0565. The molecule has 1 heterocycles. The third-order valence-electron chi connectivity index (χ3n) is 3.14. The summed E-state index contributed by atoms with van der Waals surface area (Å²) in [6.07, 6.45) is 0.690. The topological polar surface area (TPSA) is 40.6 Å². The average Bonchev–Trinajstić information content (AvgIpc) is 2.09. The zero-order valence-corrected chi connectivity index (χ0v) is 11.0. The molecule has 90 valence electrons. The van der Waals surface area contributed by atoms with E-state index in [2.05, 4.69) is 18.7 Å². The second-order valence-corrected chi connectivity index (χ2v) is 6.97. The molecule has 4 nitrogen and oxygen atoms in total. The van der Waals surface area contributed by atoms with Gasteiger partial charge in [-0.15, -0.1) is 0 Å². The first-order valence-electron chi connectivity index (χ1n) is 5.48. The zero-order valence-electron chi connectivity index (χ0n) is 10.2. The summed E-state index contributed by atoms with van der Waals surface area (Å²) in [6.45, 7) is 8.12. The van der Waals surface area contributed by atoms with Crippen molar-refractivity contribution in [2.45, 2.75) is 32.7 Å². The average molecular weight is 234 g/mol. The summed E-state index contributed by atoms with van der Waals surface area (Å²) >= 11 is 0. The molecule has 0 aromatic rings. The Labute approximate surface area is 93.3 Å². The van der Waals surface area contributed by atoms with Crippen LogP contribution in [0.5, 0.6) is 0 Å². The fourth-order valence-corrected chi connectivity index (χ4v) is 3.47. The molecule has 0 N–H and O–H groups in total. The maximum absolute atomic E-state index is 11.9. The highest BCUT2D eigenvalue weighted by molar-refractivity contribution is 7.89. The molecule has 1 fully saturated rings. The van der Waals surface area contributed by atoms with Crippen LogP contribution < -0.4 is 0 Å². The molecule has 15 heavy (non-hydrogen) atoms. The Morgan fingerprint density at radius 3 is 2.33 bits per heavy atom. The van der Waals surface area contributed by atoms with E-state index in [9.17, 15) is 8.42 Å². The standard InChI is InChI=1S/C10H22N2O2S/c1-5-8-15(13,14)12-7-6-11(4)10(2,3)9-12/h5-9H2,1-4H3. The van der Waals surface area contributed by atoms with Crippen LogP contribution in [0.25, 0.3) is 0 Å². The summed E-state index contributed by atoms with van der Waals surface area (Å²) in [4.78, 5) is 2.21. The monoisotopic (exact) mass is 234 g/mol. The maximum atomic E-state index is 11.9. The van der Waals surface area contributed by atoms with E-state index in [1.807, 2.05) is 14.0 Å². The van der Waals surface area contributed by atoms with Gasteiger partial charge in [0.05, 0.1) is 5.75 Å². The first-order chi connectivity index (χ1) is 6.79. The minimum Gasteiger partial charge on any atom is -0.299 e. The first-order valence-corrected chi connectivity index (χ1v) is 7.09. The van der Waals surface area contributed by atoms with Gasteiger partial charge in [0.1, 0.15) is 0 Å². The Balaban J connectivity index is 2.75. The highest BCUT2D eigenvalue weighted by Gasteiger charge is 2.35. The lowest BCUT2D eigenvalue weighted by Gasteiger charge is -2.44. The van der Waals surface area contributed by atoms with Gasteiger partial charge in [-0.3, -0.25) is 4.90 Å². The fourth-order valence-electron chi connectivity index (χ4n) is 1.82. The van der Waals surface area contributed by atoms with E-state index in [0.29, 0.717) is 19.5 Å². The molecule has 0 saturated carbocycles. The molecule has 0 aromatic heterocycles. The summed E-state index contributed by atoms with van der Waals surface area (Å²) in [6, 6.07) is 0. The third kappa shape index (κ3) is 2.92. The Morgan fingerprint density at radius 2 is 1.87 bits per heavy atom. The van der Waals surface area contributed by atoms with Crippen molar-refractivity contribution >= 4 is 10.0 Å². The first kappa shape index (κ1) is 12.9. The van der Waals surface area contributed by atoms with Gasteiger partial charge in [0.2, 0.25) is 10.0 Å². The van der Waals surface area contributed by atoms with Crippen LogP contribution in [0.15, 0.2) is 0 Å². The molecule has 0 atom stereocenters. The molecule has 0 aromatic carbocycles. The van der Waals surface area contributed by atoms with Gasteiger partial charge < -0.3 is 0 Å². The van der Waals surface area contributed by atoms with Gasteiger partial charge in [0.15, 0.2) is 0 Å². The van der Waals surface area contributed by atoms with E-state index in [-0.39, 0.29) is 11.3 Å². The predicted molar refractivity (Wildman–Crippen MR) is 62.4 cm³/mol. The SMILES string of the molecule is CCCS(=O)(=O)N1CCN(C)C(C)(C)C1. The second-order valence-electron chi connectivity index (χ2n) is 4.88. The van der Waals surface area contributed by atoms with Crippen molar-refractivity contribution in [3.8, 4) is 0 Å².